The number of thiophene rings is 1. The van der Waals surface area contributed by atoms with Crippen molar-refractivity contribution in [3.05, 3.63) is 41.8 Å². The Morgan fingerprint density at radius 1 is 1.29 bits per heavy atom. The van der Waals surface area contributed by atoms with Crippen molar-refractivity contribution in [2.75, 3.05) is 33.4 Å². The molecule has 1 aliphatic heterocycles. The standard InChI is InChI=1S/C19H24N2O5S2/c1-25-16-6-2-7-17(13-16)26-11-9-20-19(22)15-5-3-10-21(14-15)28(23,24)18-8-4-12-27-18/h2,4,6-8,12-13,15H,3,5,9-11,14H2,1H3,(H,20,22)/t15-/m0/s1. The zero-order valence-electron chi connectivity index (χ0n) is 15.7. The lowest BCUT2D eigenvalue weighted by Gasteiger charge is -2.30. The van der Waals surface area contributed by atoms with Crippen LogP contribution in [0.2, 0.25) is 0 Å². The predicted molar refractivity (Wildman–Crippen MR) is 107 cm³/mol. The van der Waals surface area contributed by atoms with Crippen LogP contribution in [0.4, 0.5) is 0 Å². The number of amides is 1. The van der Waals surface area contributed by atoms with E-state index in [1.54, 1.807) is 30.7 Å². The highest BCUT2D eigenvalue weighted by Gasteiger charge is 2.33. The molecule has 1 N–H and O–H groups in total. The van der Waals surface area contributed by atoms with E-state index in [9.17, 15) is 13.2 Å². The molecule has 2 aromatic rings. The highest BCUT2D eigenvalue weighted by Crippen LogP contribution is 2.26. The molecular formula is C19H24N2O5S2. The minimum atomic E-state index is -3.52. The second-order valence-corrected chi connectivity index (χ2v) is 9.57. The van der Waals surface area contributed by atoms with Crippen molar-refractivity contribution in [1.82, 2.24) is 9.62 Å². The summed E-state index contributed by atoms with van der Waals surface area (Å²) in [6.07, 6.45) is 1.35. The SMILES string of the molecule is COc1cccc(OCCNC(=O)[C@H]2CCCN(S(=O)(=O)c3cccs3)C2)c1. The van der Waals surface area contributed by atoms with Crippen molar-refractivity contribution in [3.63, 3.8) is 0 Å². The summed E-state index contributed by atoms with van der Waals surface area (Å²) in [5, 5.41) is 4.58. The van der Waals surface area contributed by atoms with Crippen LogP contribution < -0.4 is 14.8 Å². The van der Waals surface area contributed by atoms with Crippen LogP contribution in [-0.4, -0.2) is 52.0 Å². The summed E-state index contributed by atoms with van der Waals surface area (Å²) in [4.78, 5) is 12.5. The van der Waals surface area contributed by atoms with Crippen LogP contribution in [0, 0.1) is 5.92 Å². The Labute approximate surface area is 169 Å². The fourth-order valence-electron chi connectivity index (χ4n) is 3.09. The number of ether oxygens (including phenoxy) is 2. The maximum absolute atomic E-state index is 12.7. The zero-order chi connectivity index (χ0) is 20.0. The van der Waals surface area contributed by atoms with Gasteiger partial charge < -0.3 is 14.8 Å². The van der Waals surface area contributed by atoms with Crippen LogP contribution in [0.5, 0.6) is 11.5 Å². The Bertz CT molecular complexity index is 883. The minimum absolute atomic E-state index is 0.139. The smallest absolute Gasteiger partial charge is 0.252 e. The third kappa shape index (κ3) is 5.03. The molecule has 28 heavy (non-hydrogen) atoms. The molecule has 0 saturated carbocycles. The van der Waals surface area contributed by atoms with E-state index < -0.39 is 10.0 Å². The summed E-state index contributed by atoms with van der Waals surface area (Å²) in [5.41, 5.74) is 0. The predicted octanol–water partition coefficient (Wildman–Crippen LogP) is 2.35. The van der Waals surface area contributed by atoms with Crippen LogP contribution >= 0.6 is 11.3 Å². The molecule has 1 aromatic carbocycles. The molecule has 7 nitrogen and oxygen atoms in total. The molecule has 0 bridgehead atoms. The van der Waals surface area contributed by atoms with Gasteiger partial charge in [0, 0.05) is 19.2 Å². The van der Waals surface area contributed by atoms with Crippen molar-refractivity contribution in [3.8, 4) is 11.5 Å². The van der Waals surface area contributed by atoms with Crippen molar-refractivity contribution in [2.24, 2.45) is 5.92 Å². The summed E-state index contributed by atoms with van der Waals surface area (Å²) >= 11 is 1.19. The summed E-state index contributed by atoms with van der Waals surface area (Å²) < 4.78 is 37.8. The number of piperidine rings is 1. The van der Waals surface area contributed by atoms with Gasteiger partial charge in [-0.2, -0.15) is 4.31 Å². The summed E-state index contributed by atoms with van der Waals surface area (Å²) in [6.45, 7) is 1.33. The van der Waals surface area contributed by atoms with E-state index in [-0.39, 0.29) is 18.4 Å². The van der Waals surface area contributed by atoms with E-state index >= 15 is 0 Å². The molecule has 0 spiro atoms. The number of nitrogens with zero attached hydrogens (tertiary/aromatic N) is 1. The van der Waals surface area contributed by atoms with Crippen LogP contribution in [0.15, 0.2) is 46.0 Å². The first-order chi connectivity index (χ1) is 13.5. The number of carbonyl (C=O) groups excluding carboxylic acids is 1. The molecule has 0 aliphatic carbocycles. The highest BCUT2D eigenvalue weighted by molar-refractivity contribution is 7.91. The lowest BCUT2D eigenvalue weighted by Crippen LogP contribution is -2.45. The van der Waals surface area contributed by atoms with Gasteiger partial charge in [-0.3, -0.25) is 4.79 Å². The van der Waals surface area contributed by atoms with Crippen LogP contribution in [0.3, 0.4) is 0 Å². The van der Waals surface area contributed by atoms with Gasteiger partial charge in [0.2, 0.25) is 5.91 Å². The van der Waals surface area contributed by atoms with E-state index in [0.717, 1.165) is 0 Å². The van der Waals surface area contributed by atoms with E-state index in [1.807, 2.05) is 18.2 Å². The number of sulfonamides is 1. The van der Waals surface area contributed by atoms with Crippen LogP contribution in [0.25, 0.3) is 0 Å². The Kier molecular flexibility index (Phi) is 6.93. The molecule has 0 unspecified atom stereocenters. The molecule has 3 rings (SSSR count). The molecule has 1 atom stereocenters. The molecule has 1 aliphatic rings. The van der Waals surface area contributed by atoms with Crippen molar-refractivity contribution < 1.29 is 22.7 Å². The Balaban J connectivity index is 1.47. The number of rotatable bonds is 8. The van der Waals surface area contributed by atoms with Gasteiger partial charge in [0.15, 0.2) is 0 Å². The maximum Gasteiger partial charge on any atom is 0.252 e. The van der Waals surface area contributed by atoms with Gasteiger partial charge in [-0.05, 0) is 36.4 Å². The number of hydrogen-bond donors (Lipinski definition) is 1. The summed E-state index contributed by atoms with van der Waals surface area (Å²) in [6, 6.07) is 10.6. The fourth-order valence-corrected chi connectivity index (χ4v) is 5.76. The molecule has 1 saturated heterocycles. The van der Waals surface area contributed by atoms with Gasteiger partial charge in [0.05, 0.1) is 19.6 Å². The summed E-state index contributed by atoms with van der Waals surface area (Å²) in [5.74, 6) is 0.885. The Morgan fingerprint density at radius 2 is 2.11 bits per heavy atom. The van der Waals surface area contributed by atoms with E-state index in [2.05, 4.69) is 5.32 Å². The van der Waals surface area contributed by atoms with E-state index in [0.29, 0.717) is 48.2 Å². The largest absolute Gasteiger partial charge is 0.497 e. The van der Waals surface area contributed by atoms with Gasteiger partial charge >= 0.3 is 0 Å². The first-order valence-electron chi connectivity index (χ1n) is 9.09. The van der Waals surface area contributed by atoms with Gasteiger partial charge in [0.1, 0.15) is 22.3 Å². The number of hydrogen-bond acceptors (Lipinski definition) is 6. The number of nitrogens with one attached hydrogen (secondary N) is 1. The molecule has 1 fully saturated rings. The van der Waals surface area contributed by atoms with Crippen LogP contribution in [0.1, 0.15) is 12.8 Å². The molecule has 2 heterocycles. The van der Waals surface area contributed by atoms with Crippen LogP contribution in [-0.2, 0) is 14.8 Å². The second kappa shape index (κ2) is 9.40. The van der Waals surface area contributed by atoms with Gasteiger partial charge in [-0.25, -0.2) is 8.42 Å². The minimum Gasteiger partial charge on any atom is -0.497 e. The van der Waals surface area contributed by atoms with E-state index in [4.69, 9.17) is 9.47 Å². The first-order valence-corrected chi connectivity index (χ1v) is 11.4. The second-order valence-electron chi connectivity index (χ2n) is 6.45. The van der Waals surface area contributed by atoms with Gasteiger partial charge in [-0.15, -0.1) is 11.3 Å². The molecule has 152 valence electrons. The van der Waals surface area contributed by atoms with Gasteiger partial charge in [-0.1, -0.05) is 12.1 Å². The Hall–Kier alpha value is -2.10. The lowest BCUT2D eigenvalue weighted by atomic mass is 9.99. The maximum atomic E-state index is 12.7. The highest BCUT2D eigenvalue weighted by atomic mass is 32.2. The van der Waals surface area contributed by atoms with Crippen molar-refractivity contribution in [2.45, 2.75) is 17.1 Å². The third-order valence-corrected chi connectivity index (χ3v) is 7.79. The zero-order valence-corrected chi connectivity index (χ0v) is 17.3. The Morgan fingerprint density at radius 3 is 2.86 bits per heavy atom. The average Bonchev–Trinajstić information content (AvgIpc) is 3.27. The molecule has 9 heteroatoms. The lowest BCUT2D eigenvalue weighted by molar-refractivity contribution is -0.126. The quantitative estimate of drug-likeness (QED) is 0.658. The average molecular weight is 425 g/mol. The molecule has 1 amide bonds. The molecule has 1 aromatic heterocycles. The van der Waals surface area contributed by atoms with Gasteiger partial charge in [0.25, 0.3) is 10.0 Å². The van der Waals surface area contributed by atoms with Crippen molar-refractivity contribution in [1.29, 1.82) is 0 Å². The first kappa shape index (κ1) is 20.6. The summed E-state index contributed by atoms with van der Waals surface area (Å²) in [7, 11) is -1.93. The van der Waals surface area contributed by atoms with E-state index in [1.165, 1.54) is 15.6 Å². The monoisotopic (exact) mass is 424 g/mol. The van der Waals surface area contributed by atoms with Crippen molar-refractivity contribution >= 4 is 27.3 Å². The third-order valence-electron chi connectivity index (χ3n) is 4.56. The normalized spacial score (nSPS) is 17.8. The number of methoxy groups -OCH3 is 1. The molecular weight excluding hydrogens is 400 g/mol. The molecule has 0 radical (unpaired) electrons. The fraction of sp³-hybridized carbons (Fsp3) is 0.421. The number of carbonyl (C=O) groups is 1. The number of benzene rings is 1. The topological polar surface area (TPSA) is 84.9 Å².